The van der Waals surface area contributed by atoms with Gasteiger partial charge in [0.2, 0.25) is 0 Å². The van der Waals surface area contributed by atoms with Gasteiger partial charge in [-0.05, 0) is 31.7 Å². The van der Waals surface area contributed by atoms with E-state index in [9.17, 15) is 0 Å². The van der Waals surface area contributed by atoms with Crippen LogP contribution in [0.1, 0.15) is 40.0 Å². The van der Waals surface area contributed by atoms with Gasteiger partial charge in [0.1, 0.15) is 0 Å². The minimum absolute atomic E-state index is 0.620. The van der Waals surface area contributed by atoms with Crippen LogP contribution in [0, 0.1) is 5.92 Å². The average Bonchev–Trinajstić information content (AvgIpc) is 2.55. The highest BCUT2D eigenvalue weighted by Crippen LogP contribution is 2.26. The average molecular weight is 184 g/mol. The molecule has 0 aliphatic carbocycles. The Labute approximate surface area is 82.5 Å². The van der Waals surface area contributed by atoms with E-state index < -0.39 is 0 Å². The first-order valence-electron chi connectivity index (χ1n) is 5.66. The highest BCUT2D eigenvalue weighted by molar-refractivity contribution is 4.86. The Morgan fingerprint density at radius 3 is 2.62 bits per heavy atom. The van der Waals surface area contributed by atoms with Gasteiger partial charge < -0.3 is 5.73 Å². The van der Waals surface area contributed by atoms with E-state index in [2.05, 4.69) is 25.7 Å². The fourth-order valence-electron chi connectivity index (χ4n) is 2.52. The smallest absolute Gasteiger partial charge is 0.0218 e. The van der Waals surface area contributed by atoms with Crippen LogP contribution in [0.5, 0.6) is 0 Å². The molecule has 13 heavy (non-hydrogen) atoms. The molecule has 0 saturated carbocycles. The second kappa shape index (κ2) is 4.97. The Morgan fingerprint density at radius 2 is 2.15 bits per heavy atom. The van der Waals surface area contributed by atoms with Gasteiger partial charge in [-0.25, -0.2) is 0 Å². The summed E-state index contributed by atoms with van der Waals surface area (Å²) >= 11 is 0. The Balaban J connectivity index is 2.55. The molecule has 2 N–H and O–H groups in total. The maximum absolute atomic E-state index is 5.78. The van der Waals surface area contributed by atoms with Crippen LogP contribution in [-0.4, -0.2) is 30.1 Å². The lowest BCUT2D eigenvalue weighted by atomic mass is 10.0. The summed E-state index contributed by atoms with van der Waals surface area (Å²) in [6.07, 6.45) is 3.92. The van der Waals surface area contributed by atoms with Crippen LogP contribution in [0.4, 0.5) is 0 Å². The van der Waals surface area contributed by atoms with Crippen LogP contribution < -0.4 is 5.73 Å². The molecule has 0 radical (unpaired) electrons. The molecule has 0 aromatic carbocycles. The van der Waals surface area contributed by atoms with Crippen molar-refractivity contribution in [2.24, 2.45) is 11.7 Å². The van der Waals surface area contributed by atoms with E-state index in [1.807, 2.05) is 0 Å². The Kier molecular flexibility index (Phi) is 4.20. The zero-order valence-electron chi connectivity index (χ0n) is 9.29. The maximum Gasteiger partial charge on any atom is 0.0218 e. The molecule has 1 aliphatic rings. The third-order valence-corrected chi connectivity index (χ3v) is 3.32. The van der Waals surface area contributed by atoms with Crippen LogP contribution in [0.25, 0.3) is 0 Å². The Morgan fingerprint density at radius 1 is 1.46 bits per heavy atom. The first-order chi connectivity index (χ1) is 6.20. The van der Waals surface area contributed by atoms with Crippen molar-refractivity contribution in [2.45, 2.75) is 52.1 Å². The predicted molar refractivity (Wildman–Crippen MR) is 57.7 cm³/mol. The SMILES string of the molecule is CCC(CN)N1CCCC1C(C)C. The number of rotatable bonds is 4. The number of nitrogens with two attached hydrogens (primary N) is 1. The largest absolute Gasteiger partial charge is 0.329 e. The van der Waals surface area contributed by atoms with Gasteiger partial charge in [0.05, 0.1) is 0 Å². The normalized spacial score (nSPS) is 27.0. The van der Waals surface area contributed by atoms with Gasteiger partial charge in [0.25, 0.3) is 0 Å². The van der Waals surface area contributed by atoms with E-state index in [-0.39, 0.29) is 0 Å². The van der Waals surface area contributed by atoms with Gasteiger partial charge >= 0.3 is 0 Å². The molecule has 1 heterocycles. The molecule has 2 heteroatoms. The third-order valence-electron chi connectivity index (χ3n) is 3.32. The van der Waals surface area contributed by atoms with E-state index in [0.717, 1.165) is 18.5 Å². The van der Waals surface area contributed by atoms with Gasteiger partial charge in [0.15, 0.2) is 0 Å². The monoisotopic (exact) mass is 184 g/mol. The molecular weight excluding hydrogens is 160 g/mol. The third kappa shape index (κ3) is 2.44. The molecule has 0 amide bonds. The summed E-state index contributed by atoms with van der Waals surface area (Å²) in [5.74, 6) is 0.781. The summed E-state index contributed by atoms with van der Waals surface area (Å²) < 4.78 is 0. The highest BCUT2D eigenvalue weighted by Gasteiger charge is 2.30. The van der Waals surface area contributed by atoms with Crippen molar-refractivity contribution >= 4 is 0 Å². The molecule has 1 saturated heterocycles. The Hall–Kier alpha value is -0.0800. The molecule has 1 fully saturated rings. The van der Waals surface area contributed by atoms with Crippen molar-refractivity contribution in [3.05, 3.63) is 0 Å². The Bertz CT molecular complexity index is 141. The van der Waals surface area contributed by atoms with Gasteiger partial charge in [-0.1, -0.05) is 20.8 Å². The lowest BCUT2D eigenvalue weighted by molar-refractivity contribution is 0.145. The molecule has 2 atom stereocenters. The van der Waals surface area contributed by atoms with Crippen LogP contribution >= 0.6 is 0 Å². The molecule has 78 valence electrons. The van der Waals surface area contributed by atoms with Crippen molar-refractivity contribution in [3.63, 3.8) is 0 Å². The summed E-state index contributed by atoms with van der Waals surface area (Å²) in [5.41, 5.74) is 5.78. The van der Waals surface area contributed by atoms with E-state index in [4.69, 9.17) is 5.73 Å². The van der Waals surface area contributed by atoms with Gasteiger partial charge in [0, 0.05) is 18.6 Å². The van der Waals surface area contributed by atoms with Crippen molar-refractivity contribution in [2.75, 3.05) is 13.1 Å². The summed E-state index contributed by atoms with van der Waals surface area (Å²) in [6, 6.07) is 1.41. The molecular formula is C11H24N2. The van der Waals surface area contributed by atoms with E-state index >= 15 is 0 Å². The molecule has 1 aliphatic heterocycles. The first kappa shape index (κ1) is 11.0. The second-order valence-corrected chi connectivity index (χ2v) is 4.49. The molecule has 2 unspecified atom stereocenters. The number of hydrogen-bond acceptors (Lipinski definition) is 2. The maximum atomic E-state index is 5.78. The molecule has 0 aromatic rings. The summed E-state index contributed by atoms with van der Waals surface area (Å²) in [4.78, 5) is 2.63. The lowest BCUT2D eigenvalue weighted by Gasteiger charge is -2.33. The van der Waals surface area contributed by atoms with Gasteiger partial charge in [-0.3, -0.25) is 4.90 Å². The van der Waals surface area contributed by atoms with Crippen molar-refractivity contribution in [1.82, 2.24) is 4.90 Å². The molecule has 1 rings (SSSR count). The van der Waals surface area contributed by atoms with Crippen molar-refractivity contribution < 1.29 is 0 Å². The van der Waals surface area contributed by atoms with Crippen LogP contribution in [0.15, 0.2) is 0 Å². The molecule has 0 bridgehead atoms. The van der Waals surface area contributed by atoms with Crippen LogP contribution in [0.2, 0.25) is 0 Å². The van der Waals surface area contributed by atoms with Crippen LogP contribution in [0.3, 0.4) is 0 Å². The zero-order chi connectivity index (χ0) is 9.84. The van der Waals surface area contributed by atoms with E-state index in [0.29, 0.717) is 6.04 Å². The van der Waals surface area contributed by atoms with Gasteiger partial charge in [-0.2, -0.15) is 0 Å². The van der Waals surface area contributed by atoms with Gasteiger partial charge in [-0.15, -0.1) is 0 Å². The standard InChI is InChI=1S/C11H24N2/c1-4-10(8-12)13-7-5-6-11(13)9(2)3/h9-11H,4-8,12H2,1-3H3. The molecule has 0 spiro atoms. The summed E-state index contributed by atoms with van der Waals surface area (Å²) in [5, 5.41) is 0. The number of likely N-dealkylation sites (tertiary alicyclic amines) is 1. The summed E-state index contributed by atoms with van der Waals surface area (Å²) in [6.45, 7) is 8.98. The fourth-order valence-corrected chi connectivity index (χ4v) is 2.52. The summed E-state index contributed by atoms with van der Waals surface area (Å²) in [7, 11) is 0. The second-order valence-electron chi connectivity index (χ2n) is 4.49. The topological polar surface area (TPSA) is 29.3 Å². The first-order valence-corrected chi connectivity index (χ1v) is 5.66. The number of nitrogens with zero attached hydrogens (tertiary/aromatic N) is 1. The molecule has 2 nitrogen and oxygen atoms in total. The predicted octanol–water partition coefficient (Wildman–Crippen LogP) is 1.84. The lowest BCUT2D eigenvalue weighted by Crippen LogP contribution is -2.45. The van der Waals surface area contributed by atoms with E-state index in [1.54, 1.807) is 0 Å². The number of hydrogen-bond donors (Lipinski definition) is 1. The minimum Gasteiger partial charge on any atom is -0.329 e. The zero-order valence-corrected chi connectivity index (χ0v) is 9.29. The van der Waals surface area contributed by atoms with Crippen molar-refractivity contribution in [3.8, 4) is 0 Å². The highest BCUT2D eigenvalue weighted by atomic mass is 15.2. The van der Waals surface area contributed by atoms with Crippen LogP contribution in [-0.2, 0) is 0 Å². The fraction of sp³-hybridized carbons (Fsp3) is 1.00. The van der Waals surface area contributed by atoms with Crippen molar-refractivity contribution in [1.29, 1.82) is 0 Å². The quantitative estimate of drug-likeness (QED) is 0.722. The molecule has 0 aromatic heterocycles. The minimum atomic E-state index is 0.620. The van der Waals surface area contributed by atoms with E-state index in [1.165, 1.54) is 25.8 Å².